The second kappa shape index (κ2) is 12.2. The van der Waals surface area contributed by atoms with Crippen LogP contribution in [0.15, 0.2) is 48.9 Å². The summed E-state index contributed by atoms with van der Waals surface area (Å²) < 4.78 is 47.3. The molecule has 2 fully saturated rings. The number of nitrogens with one attached hydrogen (secondary N) is 1. The van der Waals surface area contributed by atoms with Crippen molar-refractivity contribution in [3.63, 3.8) is 0 Å². The van der Waals surface area contributed by atoms with E-state index in [1.807, 2.05) is 9.30 Å². The van der Waals surface area contributed by atoms with Gasteiger partial charge in [0, 0.05) is 60.8 Å². The number of ether oxygens (including phenoxy) is 1. The molecule has 3 N–H and O–H groups in total. The van der Waals surface area contributed by atoms with Crippen molar-refractivity contribution < 1.29 is 27.5 Å². The maximum absolute atomic E-state index is 13.2. The topological polar surface area (TPSA) is 131 Å². The Bertz CT molecular complexity index is 1790. The first-order valence-corrected chi connectivity index (χ1v) is 15.2. The number of pyridine rings is 1. The lowest BCUT2D eigenvalue weighted by Gasteiger charge is -2.46. The van der Waals surface area contributed by atoms with E-state index in [0.717, 1.165) is 43.5 Å². The third-order valence-electron chi connectivity index (χ3n) is 8.64. The van der Waals surface area contributed by atoms with Crippen LogP contribution in [0.3, 0.4) is 0 Å². The largest absolute Gasteiger partial charge is 0.493 e. The number of alkyl halides is 3. The first-order valence-electron chi connectivity index (χ1n) is 15.2. The number of nitrogens with zero attached hydrogens (tertiary/aromatic N) is 6. The minimum Gasteiger partial charge on any atom is -0.493 e. The number of nitrogens with two attached hydrogens (primary N) is 1. The predicted molar refractivity (Wildman–Crippen MR) is 165 cm³/mol. The van der Waals surface area contributed by atoms with Crippen LogP contribution in [0.5, 0.6) is 5.75 Å². The van der Waals surface area contributed by atoms with Crippen LogP contribution < -0.4 is 15.8 Å². The molecule has 2 aliphatic heterocycles. The molecular weight excluding hydrogens is 601 g/mol. The van der Waals surface area contributed by atoms with E-state index >= 15 is 0 Å². The number of piperidine rings is 1. The second-order valence-electron chi connectivity index (χ2n) is 11.9. The molecule has 5 heterocycles. The van der Waals surface area contributed by atoms with Crippen molar-refractivity contribution in [3.05, 3.63) is 65.9 Å². The van der Waals surface area contributed by atoms with Crippen molar-refractivity contribution in [2.24, 2.45) is 0 Å². The number of benzene rings is 1. The zero-order valence-electron chi connectivity index (χ0n) is 25.7. The van der Waals surface area contributed by atoms with E-state index in [1.165, 1.54) is 12.1 Å². The number of halogens is 3. The minimum absolute atomic E-state index is 0.0468. The van der Waals surface area contributed by atoms with Crippen molar-refractivity contribution in [2.75, 3.05) is 37.3 Å². The van der Waals surface area contributed by atoms with Crippen LogP contribution in [0.1, 0.15) is 61.3 Å². The molecule has 0 aliphatic carbocycles. The van der Waals surface area contributed by atoms with Crippen LogP contribution in [0, 0.1) is 0 Å². The Balaban J connectivity index is 1.33. The molecule has 0 spiro atoms. The standard InChI is InChI=1S/C32H35F3N8O3/c1-4-46-24-13-19(31(45)39-25-14-21(9-10-37-25)32(33,34)35)6-8-23(24)27-28-29(36)38-11-12-42(28)30(40-27)20-5-7-22-16-41(18(2)3)17-26(44)43(22)15-20/h6,8-14,18,20,22H,4-5,7,15-17H2,1-3H3,(H2,36,38)(H,37,39,45)/t20-,22+/m1/s1. The lowest BCUT2D eigenvalue weighted by molar-refractivity contribution is -0.143. The summed E-state index contributed by atoms with van der Waals surface area (Å²) in [6, 6.07) is 6.78. The monoisotopic (exact) mass is 636 g/mol. The maximum Gasteiger partial charge on any atom is 0.416 e. The predicted octanol–water partition coefficient (Wildman–Crippen LogP) is 4.84. The zero-order valence-corrected chi connectivity index (χ0v) is 25.7. The fourth-order valence-corrected chi connectivity index (χ4v) is 6.29. The quantitative estimate of drug-likeness (QED) is 0.295. The molecule has 242 valence electrons. The van der Waals surface area contributed by atoms with E-state index in [9.17, 15) is 22.8 Å². The molecule has 0 bridgehead atoms. The molecule has 2 aliphatic rings. The zero-order chi connectivity index (χ0) is 32.7. The fraction of sp³-hybridized carbons (Fsp3) is 0.406. The Morgan fingerprint density at radius 1 is 1.13 bits per heavy atom. The second-order valence-corrected chi connectivity index (χ2v) is 11.9. The summed E-state index contributed by atoms with van der Waals surface area (Å²) in [6.07, 6.45) is 1.50. The van der Waals surface area contributed by atoms with Crippen molar-refractivity contribution >= 4 is 29.0 Å². The van der Waals surface area contributed by atoms with Crippen LogP contribution >= 0.6 is 0 Å². The number of hydrogen-bond acceptors (Lipinski definition) is 8. The van der Waals surface area contributed by atoms with Gasteiger partial charge in [-0.05, 0) is 63.9 Å². The number of piperazine rings is 1. The summed E-state index contributed by atoms with van der Waals surface area (Å²) in [4.78, 5) is 43.7. The van der Waals surface area contributed by atoms with Crippen LogP contribution in [-0.2, 0) is 11.0 Å². The number of rotatable bonds is 7. The van der Waals surface area contributed by atoms with E-state index < -0.39 is 17.6 Å². The molecule has 2 saturated heterocycles. The SMILES string of the molecule is CCOc1cc(C(=O)Nc2cc(C(F)(F)F)ccn2)ccc1-c1nc([C@@H]2CC[C@H]3CN(C(C)C)CC(=O)N3C2)n2ccnc(N)c12. The highest BCUT2D eigenvalue weighted by molar-refractivity contribution is 6.04. The van der Waals surface area contributed by atoms with Gasteiger partial charge >= 0.3 is 6.18 Å². The van der Waals surface area contributed by atoms with Crippen molar-refractivity contribution in [1.82, 2.24) is 29.2 Å². The number of amides is 2. The molecule has 2 atom stereocenters. The van der Waals surface area contributed by atoms with Gasteiger partial charge in [-0.1, -0.05) is 0 Å². The number of aromatic nitrogens is 4. The Hall–Kier alpha value is -4.72. The lowest BCUT2D eigenvalue weighted by Crippen LogP contribution is -2.60. The molecule has 0 unspecified atom stereocenters. The minimum atomic E-state index is -4.58. The van der Waals surface area contributed by atoms with Gasteiger partial charge in [-0.2, -0.15) is 13.2 Å². The molecule has 14 heteroatoms. The van der Waals surface area contributed by atoms with Crippen LogP contribution in [0.4, 0.5) is 24.8 Å². The number of fused-ring (bicyclic) bond motifs is 2. The molecule has 11 nitrogen and oxygen atoms in total. The van der Waals surface area contributed by atoms with E-state index in [2.05, 4.69) is 34.0 Å². The summed E-state index contributed by atoms with van der Waals surface area (Å²) in [5, 5.41) is 2.43. The molecule has 0 radical (unpaired) electrons. The Morgan fingerprint density at radius 3 is 2.67 bits per heavy atom. The maximum atomic E-state index is 13.2. The summed E-state index contributed by atoms with van der Waals surface area (Å²) in [7, 11) is 0. The highest BCUT2D eigenvalue weighted by atomic mass is 19.4. The number of imidazole rings is 1. The van der Waals surface area contributed by atoms with Gasteiger partial charge in [0.1, 0.15) is 34.4 Å². The van der Waals surface area contributed by atoms with Crippen LogP contribution in [0.2, 0.25) is 0 Å². The van der Waals surface area contributed by atoms with Gasteiger partial charge in [-0.25, -0.2) is 15.0 Å². The van der Waals surface area contributed by atoms with Crippen LogP contribution in [0.25, 0.3) is 16.8 Å². The van der Waals surface area contributed by atoms with Gasteiger partial charge in [-0.3, -0.25) is 18.9 Å². The Morgan fingerprint density at radius 2 is 1.93 bits per heavy atom. The lowest BCUT2D eigenvalue weighted by atomic mass is 9.90. The summed E-state index contributed by atoms with van der Waals surface area (Å²) in [5.41, 5.74) is 7.28. The van der Waals surface area contributed by atoms with Crippen LogP contribution in [-0.4, -0.2) is 79.3 Å². The van der Waals surface area contributed by atoms with Crippen molar-refractivity contribution in [3.8, 4) is 17.0 Å². The van der Waals surface area contributed by atoms with E-state index in [0.29, 0.717) is 41.7 Å². The fourth-order valence-electron chi connectivity index (χ4n) is 6.29. The first-order chi connectivity index (χ1) is 21.9. The van der Waals surface area contributed by atoms with Gasteiger partial charge in [0.15, 0.2) is 0 Å². The number of carbonyl (C=O) groups is 2. The molecule has 3 aromatic heterocycles. The average molecular weight is 637 g/mol. The normalized spacial score (nSPS) is 19.0. The molecule has 0 saturated carbocycles. The van der Waals surface area contributed by atoms with Gasteiger partial charge in [-0.15, -0.1) is 0 Å². The smallest absolute Gasteiger partial charge is 0.416 e. The number of carbonyl (C=O) groups excluding carboxylic acids is 2. The third kappa shape index (κ3) is 5.96. The van der Waals surface area contributed by atoms with Crippen molar-refractivity contribution in [2.45, 2.75) is 57.8 Å². The molecule has 2 amide bonds. The highest BCUT2D eigenvalue weighted by Gasteiger charge is 2.39. The summed E-state index contributed by atoms with van der Waals surface area (Å²) in [5.74, 6) is 0.520. The van der Waals surface area contributed by atoms with E-state index in [-0.39, 0.29) is 41.7 Å². The van der Waals surface area contributed by atoms with Gasteiger partial charge in [0.25, 0.3) is 5.91 Å². The first kappa shape index (κ1) is 31.3. The van der Waals surface area contributed by atoms with E-state index in [4.69, 9.17) is 15.5 Å². The third-order valence-corrected chi connectivity index (χ3v) is 8.64. The highest BCUT2D eigenvalue weighted by Crippen LogP contribution is 2.39. The summed E-state index contributed by atoms with van der Waals surface area (Å²) >= 11 is 0. The molecule has 1 aromatic carbocycles. The van der Waals surface area contributed by atoms with Gasteiger partial charge in [0.05, 0.1) is 18.7 Å². The number of nitrogen functional groups attached to an aromatic ring is 1. The average Bonchev–Trinajstić information content (AvgIpc) is 3.41. The van der Waals surface area contributed by atoms with Gasteiger partial charge in [0.2, 0.25) is 5.91 Å². The summed E-state index contributed by atoms with van der Waals surface area (Å²) in [6.45, 7) is 8.06. The van der Waals surface area contributed by atoms with E-state index in [1.54, 1.807) is 25.4 Å². The molecule has 6 rings (SSSR count). The molecule has 46 heavy (non-hydrogen) atoms. The molecule has 4 aromatic rings. The Kier molecular flexibility index (Phi) is 8.32. The Labute approximate surface area is 263 Å². The van der Waals surface area contributed by atoms with Gasteiger partial charge < -0.3 is 20.7 Å². The van der Waals surface area contributed by atoms with Crippen molar-refractivity contribution in [1.29, 1.82) is 0 Å². The molecular formula is C32H35F3N8O3. The number of hydrogen-bond donors (Lipinski definition) is 2. The number of anilines is 2.